The fourth-order valence-corrected chi connectivity index (χ4v) is 2.59. The van der Waals surface area contributed by atoms with Gasteiger partial charge in [0.05, 0.1) is 7.11 Å². The summed E-state index contributed by atoms with van der Waals surface area (Å²) < 4.78 is 4.55. The summed E-state index contributed by atoms with van der Waals surface area (Å²) >= 11 is 0. The van der Waals surface area contributed by atoms with Crippen molar-refractivity contribution in [3.8, 4) is 0 Å². The highest BCUT2D eigenvalue weighted by molar-refractivity contribution is 8.22. The van der Waals surface area contributed by atoms with Crippen LogP contribution in [0.1, 0.15) is 12.8 Å². The van der Waals surface area contributed by atoms with Crippen LogP contribution in [0.4, 0.5) is 0 Å². The predicted octanol–water partition coefficient (Wildman–Crippen LogP) is 1.98. The lowest BCUT2D eigenvalue weighted by atomic mass is 10.3. The summed E-state index contributed by atoms with van der Waals surface area (Å²) in [5.41, 5.74) is 0. The van der Waals surface area contributed by atoms with Crippen LogP contribution < -0.4 is 0 Å². The summed E-state index contributed by atoms with van der Waals surface area (Å²) in [5.74, 6) is 1.01. The van der Waals surface area contributed by atoms with Crippen LogP contribution in [0.5, 0.6) is 0 Å². The lowest BCUT2D eigenvalue weighted by Crippen LogP contribution is -2.00. The molecule has 3 heteroatoms. The summed E-state index contributed by atoms with van der Waals surface area (Å²) in [4.78, 5) is 10.7. The van der Waals surface area contributed by atoms with E-state index in [-0.39, 0.29) is 16.9 Å². The topological polar surface area (TPSA) is 26.3 Å². The van der Waals surface area contributed by atoms with Gasteiger partial charge in [-0.3, -0.25) is 4.79 Å². The number of esters is 1. The van der Waals surface area contributed by atoms with E-state index >= 15 is 0 Å². The molecule has 0 saturated carbocycles. The molecule has 1 aliphatic rings. The van der Waals surface area contributed by atoms with E-state index in [4.69, 9.17) is 0 Å². The summed E-state index contributed by atoms with van der Waals surface area (Å²) in [6.45, 7) is 0. The van der Waals surface area contributed by atoms with Gasteiger partial charge in [-0.15, -0.1) is 0 Å². The minimum atomic E-state index is -0.0999. The lowest BCUT2D eigenvalue weighted by Gasteiger charge is -2.07. The minimum Gasteiger partial charge on any atom is -0.469 e. The van der Waals surface area contributed by atoms with Crippen molar-refractivity contribution in [2.45, 2.75) is 12.8 Å². The highest BCUT2D eigenvalue weighted by atomic mass is 32.2. The van der Waals surface area contributed by atoms with Crippen LogP contribution >= 0.6 is 10.9 Å². The van der Waals surface area contributed by atoms with E-state index in [1.165, 1.54) is 7.11 Å². The quantitative estimate of drug-likeness (QED) is 0.536. The van der Waals surface area contributed by atoms with Crippen LogP contribution in [-0.4, -0.2) is 18.8 Å². The van der Waals surface area contributed by atoms with Crippen LogP contribution in [-0.2, 0) is 9.53 Å². The smallest absolute Gasteiger partial charge is 0.305 e. The van der Waals surface area contributed by atoms with Gasteiger partial charge in [-0.1, -0.05) is 12.2 Å². The van der Waals surface area contributed by atoms with Crippen molar-refractivity contribution in [2.24, 2.45) is 0 Å². The monoisotopic (exact) mass is 186 g/mol. The maximum atomic E-state index is 10.7. The largest absolute Gasteiger partial charge is 0.469 e. The number of ether oxygens (including phenoxy) is 1. The molecule has 0 amide bonds. The number of hydrogen-bond acceptors (Lipinski definition) is 2. The first-order valence-corrected chi connectivity index (χ1v) is 5.67. The average Bonchev–Trinajstić information content (AvgIpc) is 2.57. The number of thiol groups is 1. The van der Waals surface area contributed by atoms with E-state index in [0.29, 0.717) is 6.42 Å². The molecular formula is C9H14O2S. The third-order valence-corrected chi connectivity index (χ3v) is 3.63. The van der Waals surface area contributed by atoms with E-state index in [1.54, 1.807) is 0 Å². The molecule has 12 heavy (non-hydrogen) atoms. The van der Waals surface area contributed by atoms with Crippen LogP contribution in [0.2, 0.25) is 0 Å². The molecule has 0 spiro atoms. The molecule has 0 aromatic heterocycles. The van der Waals surface area contributed by atoms with Crippen LogP contribution in [0.25, 0.3) is 0 Å². The third kappa shape index (κ3) is 3.13. The number of hydrogen-bond donors (Lipinski definition) is 1. The Balaban J connectivity index is 2.06. The molecule has 2 nitrogen and oxygen atoms in total. The SMILES string of the molecule is COC(=O)CCC[SH]1C=CC=C1. The van der Waals surface area contributed by atoms with E-state index in [2.05, 4.69) is 27.7 Å². The van der Waals surface area contributed by atoms with Gasteiger partial charge in [-0.25, -0.2) is 10.9 Å². The van der Waals surface area contributed by atoms with Crippen LogP contribution in [0.15, 0.2) is 23.0 Å². The third-order valence-electron chi connectivity index (χ3n) is 1.69. The molecule has 0 aromatic rings. The predicted molar refractivity (Wildman–Crippen MR) is 53.4 cm³/mol. The number of methoxy groups -OCH3 is 1. The standard InChI is InChI=1S/C9H14O2S/c1-11-9(10)5-4-8-12-6-2-3-7-12/h2-3,6-7,12H,4-5,8H2,1H3. The average molecular weight is 186 g/mol. The van der Waals surface area contributed by atoms with Crippen LogP contribution in [0.3, 0.4) is 0 Å². The van der Waals surface area contributed by atoms with Gasteiger partial charge in [0.15, 0.2) is 0 Å². The molecular weight excluding hydrogens is 172 g/mol. The maximum absolute atomic E-state index is 10.7. The number of carbonyl (C=O) groups is 1. The van der Waals surface area contributed by atoms with Gasteiger partial charge in [-0.2, -0.15) is 0 Å². The van der Waals surface area contributed by atoms with Gasteiger partial charge in [0.1, 0.15) is 0 Å². The maximum Gasteiger partial charge on any atom is 0.305 e. The fourth-order valence-electron chi connectivity index (χ4n) is 1.03. The Morgan fingerprint density at radius 3 is 2.67 bits per heavy atom. The second-order valence-electron chi connectivity index (χ2n) is 2.60. The second-order valence-corrected chi connectivity index (χ2v) is 4.67. The Bertz CT molecular complexity index is 197. The Morgan fingerprint density at radius 1 is 1.42 bits per heavy atom. The molecule has 0 fully saturated rings. The van der Waals surface area contributed by atoms with Crippen molar-refractivity contribution in [3.05, 3.63) is 23.0 Å². The van der Waals surface area contributed by atoms with Crippen molar-refractivity contribution in [2.75, 3.05) is 12.9 Å². The molecule has 0 N–H and O–H groups in total. The Kier molecular flexibility index (Phi) is 3.94. The number of rotatable bonds is 4. The molecule has 0 bridgehead atoms. The second kappa shape index (κ2) is 5.04. The van der Waals surface area contributed by atoms with Crippen LogP contribution in [0, 0.1) is 0 Å². The molecule has 0 aromatic carbocycles. The zero-order valence-electron chi connectivity index (χ0n) is 7.19. The Hall–Kier alpha value is -0.700. The molecule has 1 heterocycles. The normalized spacial score (nSPS) is 16.9. The minimum absolute atomic E-state index is 0.0497. The Morgan fingerprint density at radius 2 is 2.08 bits per heavy atom. The number of allylic oxidation sites excluding steroid dienone is 2. The van der Waals surface area contributed by atoms with Gasteiger partial charge < -0.3 is 4.74 Å². The first kappa shape index (κ1) is 9.39. The first-order chi connectivity index (χ1) is 5.83. The number of carbonyl (C=O) groups excluding carboxylic acids is 1. The molecule has 0 unspecified atom stereocenters. The zero-order valence-corrected chi connectivity index (χ0v) is 8.09. The van der Waals surface area contributed by atoms with Gasteiger partial charge >= 0.3 is 5.97 Å². The highest BCUT2D eigenvalue weighted by Crippen LogP contribution is 2.33. The van der Waals surface area contributed by atoms with Gasteiger partial charge in [-0.05, 0) is 23.0 Å². The van der Waals surface area contributed by atoms with Crippen molar-refractivity contribution >= 4 is 16.9 Å². The molecule has 0 aliphatic carbocycles. The summed E-state index contributed by atoms with van der Waals surface area (Å²) in [6.07, 6.45) is 5.64. The lowest BCUT2D eigenvalue weighted by molar-refractivity contribution is -0.140. The molecule has 0 radical (unpaired) electrons. The molecule has 1 aliphatic heterocycles. The van der Waals surface area contributed by atoms with Crippen molar-refractivity contribution in [1.29, 1.82) is 0 Å². The summed E-state index contributed by atoms with van der Waals surface area (Å²) in [5, 5.41) is 4.43. The van der Waals surface area contributed by atoms with Crippen molar-refractivity contribution < 1.29 is 9.53 Å². The molecule has 1 rings (SSSR count). The van der Waals surface area contributed by atoms with E-state index < -0.39 is 0 Å². The molecule has 0 saturated heterocycles. The van der Waals surface area contributed by atoms with E-state index in [1.807, 2.05) is 0 Å². The Labute approximate surface area is 75.6 Å². The summed E-state index contributed by atoms with van der Waals surface area (Å²) in [6, 6.07) is 0. The van der Waals surface area contributed by atoms with Gasteiger partial charge in [0.2, 0.25) is 0 Å². The highest BCUT2D eigenvalue weighted by Gasteiger charge is 2.02. The fraction of sp³-hybridized carbons (Fsp3) is 0.444. The zero-order chi connectivity index (χ0) is 8.81. The van der Waals surface area contributed by atoms with E-state index in [9.17, 15) is 4.79 Å². The van der Waals surface area contributed by atoms with E-state index in [0.717, 1.165) is 12.2 Å². The van der Waals surface area contributed by atoms with Gasteiger partial charge in [0.25, 0.3) is 0 Å². The van der Waals surface area contributed by atoms with Gasteiger partial charge in [0, 0.05) is 6.42 Å². The summed E-state index contributed by atoms with van der Waals surface area (Å²) in [7, 11) is 1.38. The molecule has 68 valence electrons. The first-order valence-electron chi connectivity index (χ1n) is 4.00. The van der Waals surface area contributed by atoms with Crippen molar-refractivity contribution in [1.82, 2.24) is 0 Å². The molecule has 0 atom stereocenters. The van der Waals surface area contributed by atoms with Crippen molar-refractivity contribution in [3.63, 3.8) is 0 Å².